The van der Waals surface area contributed by atoms with Crippen LogP contribution in [0.5, 0.6) is 5.75 Å². The quantitative estimate of drug-likeness (QED) is 0.207. The number of nitrogens with zero attached hydrogens (tertiary/aromatic N) is 3. The lowest BCUT2D eigenvalue weighted by atomic mass is 9.87. The van der Waals surface area contributed by atoms with E-state index in [9.17, 15) is 14.3 Å². The summed E-state index contributed by atoms with van der Waals surface area (Å²) in [7, 11) is 0. The predicted octanol–water partition coefficient (Wildman–Crippen LogP) is 7.41. The number of oxazole rings is 1. The zero-order valence-electron chi connectivity index (χ0n) is 25.2. The summed E-state index contributed by atoms with van der Waals surface area (Å²) in [6, 6.07) is 9.32. The first-order valence-electron chi connectivity index (χ1n) is 14.5. The zero-order chi connectivity index (χ0) is 31.3. The Morgan fingerprint density at radius 3 is 2.61 bits per heavy atom. The summed E-state index contributed by atoms with van der Waals surface area (Å²) in [6.45, 7) is 9.51. The van der Waals surface area contributed by atoms with Gasteiger partial charge in [-0.2, -0.15) is 5.10 Å². The number of carbonyl (C=O) groups is 1. The number of hydrogen-bond acceptors (Lipinski definition) is 6. The molecular formula is C34H33F2N3O5. The van der Waals surface area contributed by atoms with Crippen LogP contribution in [-0.4, -0.2) is 37.9 Å². The molecule has 8 nitrogen and oxygen atoms in total. The molecule has 1 unspecified atom stereocenters. The Balaban J connectivity index is 1.55. The van der Waals surface area contributed by atoms with Crippen LogP contribution in [0.15, 0.2) is 53.2 Å². The van der Waals surface area contributed by atoms with Crippen molar-refractivity contribution in [3.05, 3.63) is 94.0 Å². The van der Waals surface area contributed by atoms with Crippen LogP contribution >= 0.6 is 0 Å². The second-order valence-electron chi connectivity index (χ2n) is 12.1. The van der Waals surface area contributed by atoms with Crippen molar-refractivity contribution in [2.24, 2.45) is 0 Å². The number of fused-ring (bicyclic) bond motifs is 2. The van der Waals surface area contributed by atoms with Crippen LogP contribution in [0.2, 0.25) is 0 Å². The standard InChI is InChI=1S/C34H33F2N3O5/c1-18-17-39-27(15-26(38-39)32-37-16-22(43-32)13-20-8-10-21(35)11-9-20)29(28(18)31(33(40)41)44-34(3,4)5)24-14-25(36)30-23(19(24)2)7-6-12-42-30/h8-11,14-17,31H,6-7,12-13H2,1-5H3,(H,40,41). The molecule has 0 saturated carbocycles. The van der Waals surface area contributed by atoms with Crippen LogP contribution in [0.4, 0.5) is 8.78 Å². The van der Waals surface area contributed by atoms with Crippen LogP contribution < -0.4 is 4.74 Å². The topological polar surface area (TPSA) is 99.1 Å². The molecule has 1 aliphatic rings. The number of carboxylic acids is 1. The maximum atomic E-state index is 15.6. The molecule has 228 valence electrons. The van der Waals surface area contributed by atoms with E-state index in [1.165, 1.54) is 18.2 Å². The number of pyridine rings is 1. The minimum Gasteiger partial charge on any atom is -0.490 e. The van der Waals surface area contributed by atoms with Gasteiger partial charge in [0.1, 0.15) is 17.3 Å². The lowest BCUT2D eigenvalue weighted by Crippen LogP contribution is -2.28. The lowest BCUT2D eigenvalue weighted by molar-refractivity contribution is -0.160. The minimum absolute atomic E-state index is 0.242. The van der Waals surface area contributed by atoms with Crippen molar-refractivity contribution < 1.29 is 32.6 Å². The molecule has 1 atom stereocenters. The van der Waals surface area contributed by atoms with Crippen molar-refractivity contribution in [3.8, 4) is 28.5 Å². The second kappa shape index (κ2) is 11.2. The van der Waals surface area contributed by atoms with Crippen LogP contribution in [0.25, 0.3) is 28.2 Å². The Labute approximate surface area is 253 Å². The van der Waals surface area contributed by atoms with Crippen molar-refractivity contribution >= 4 is 11.5 Å². The molecule has 0 amide bonds. The molecule has 0 fully saturated rings. The molecule has 4 heterocycles. The maximum Gasteiger partial charge on any atom is 0.337 e. The molecule has 0 radical (unpaired) electrons. The molecule has 0 bridgehead atoms. The summed E-state index contributed by atoms with van der Waals surface area (Å²) in [6.07, 6.45) is 3.79. The molecule has 0 spiro atoms. The molecule has 10 heteroatoms. The average Bonchev–Trinajstić information content (AvgIpc) is 3.61. The molecular weight excluding hydrogens is 568 g/mol. The van der Waals surface area contributed by atoms with E-state index in [0.717, 1.165) is 23.1 Å². The van der Waals surface area contributed by atoms with Crippen molar-refractivity contribution in [1.82, 2.24) is 14.6 Å². The van der Waals surface area contributed by atoms with Crippen LogP contribution in [0.3, 0.4) is 0 Å². The molecule has 1 aliphatic heterocycles. The number of rotatable bonds is 7. The van der Waals surface area contributed by atoms with Crippen molar-refractivity contribution in [3.63, 3.8) is 0 Å². The van der Waals surface area contributed by atoms with Gasteiger partial charge in [0.2, 0.25) is 5.89 Å². The Morgan fingerprint density at radius 2 is 1.91 bits per heavy atom. The van der Waals surface area contributed by atoms with Gasteiger partial charge in [-0.25, -0.2) is 23.1 Å². The van der Waals surface area contributed by atoms with Gasteiger partial charge in [0.25, 0.3) is 0 Å². The fourth-order valence-electron chi connectivity index (χ4n) is 5.81. The highest BCUT2D eigenvalue weighted by Gasteiger charge is 2.34. The number of aliphatic carboxylic acids is 1. The van der Waals surface area contributed by atoms with E-state index in [2.05, 4.69) is 4.98 Å². The summed E-state index contributed by atoms with van der Waals surface area (Å²) in [5.74, 6) is -0.914. The van der Waals surface area contributed by atoms with E-state index < -0.39 is 23.5 Å². The number of benzene rings is 2. The Bertz CT molecular complexity index is 1890. The first kappa shape index (κ1) is 29.5. The van der Waals surface area contributed by atoms with Crippen molar-refractivity contribution in [2.75, 3.05) is 6.61 Å². The average molecular weight is 602 g/mol. The van der Waals surface area contributed by atoms with Crippen molar-refractivity contribution in [1.29, 1.82) is 0 Å². The fourth-order valence-corrected chi connectivity index (χ4v) is 5.81. The third kappa shape index (κ3) is 5.57. The van der Waals surface area contributed by atoms with Gasteiger partial charge < -0.3 is 19.0 Å². The van der Waals surface area contributed by atoms with Gasteiger partial charge in [0.15, 0.2) is 17.7 Å². The van der Waals surface area contributed by atoms with E-state index in [1.807, 2.05) is 6.92 Å². The van der Waals surface area contributed by atoms with Gasteiger partial charge in [0, 0.05) is 29.3 Å². The SMILES string of the molecule is Cc1cn2nc(-c3ncc(Cc4ccc(F)cc4)o3)cc2c(-c2cc(F)c3c(c2C)CCCO3)c1C(OC(C)(C)C)C(=O)O. The van der Waals surface area contributed by atoms with Gasteiger partial charge in [-0.15, -0.1) is 0 Å². The molecule has 3 aromatic heterocycles. The summed E-state index contributed by atoms with van der Waals surface area (Å²) in [5, 5.41) is 15.1. The Hall–Kier alpha value is -4.57. The molecule has 2 aromatic carbocycles. The number of halogens is 2. The summed E-state index contributed by atoms with van der Waals surface area (Å²) >= 11 is 0. The van der Waals surface area contributed by atoms with Crippen LogP contribution in [-0.2, 0) is 22.4 Å². The van der Waals surface area contributed by atoms with Crippen LogP contribution in [0.1, 0.15) is 66.9 Å². The molecule has 0 aliphatic carbocycles. The largest absolute Gasteiger partial charge is 0.490 e. The third-order valence-corrected chi connectivity index (χ3v) is 7.73. The monoisotopic (exact) mass is 601 g/mol. The van der Waals surface area contributed by atoms with Crippen molar-refractivity contribution in [2.45, 2.75) is 65.6 Å². The summed E-state index contributed by atoms with van der Waals surface area (Å²) < 4.78 is 48.4. The zero-order valence-corrected chi connectivity index (χ0v) is 25.2. The number of carboxylic acid groups (broad SMARTS) is 1. The smallest absolute Gasteiger partial charge is 0.337 e. The number of aromatic nitrogens is 3. The van der Waals surface area contributed by atoms with E-state index in [1.54, 1.807) is 62.8 Å². The molecule has 0 saturated heterocycles. The first-order valence-corrected chi connectivity index (χ1v) is 14.5. The van der Waals surface area contributed by atoms with Crippen LogP contribution in [0, 0.1) is 25.5 Å². The van der Waals surface area contributed by atoms with Gasteiger partial charge in [0.05, 0.1) is 23.9 Å². The predicted molar refractivity (Wildman–Crippen MR) is 160 cm³/mol. The van der Waals surface area contributed by atoms with E-state index in [4.69, 9.17) is 19.0 Å². The first-order chi connectivity index (χ1) is 20.9. The normalized spacial score (nSPS) is 14.0. The highest BCUT2D eigenvalue weighted by atomic mass is 19.1. The highest BCUT2D eigenvalue weighted by molar-refractivity contribution is 5.91. The second-order valence-corrected chi connectivity index (χ2v) is 12.1. The highest BCUT2D eigenvalue weighted by Crippen LogP contribution is 2.44. The van der Waals surface area contributed by atoms with E-state index in [-0.39, 0.29) is 17.5 Å². The number of aryl methyl sites for hydroxylation is 1. The molecule has 6 rings (SSSR count). The molecule has 44 heavy (non-hydrogen) atoms. The Morgan fingerprint density at radius 1 is 1.16 bits per heavy atom. The van der Waals surface area contributed by atoms with Gasteiger partial charge in [-0.3, -0.25) is 0 Å². The van der Waals surface area contributed by atoms with Gasteiger partial charge >= 0.3 is 5.97 Å². The summed E-state index contributed by atoms with van der Waals surface area (Å²) in [5.41, 5.74) is 4.66. The third-order valence-electron chi connectivity index (χ3n) is 7.73. The molecule has 1 N–H and O–H groups in total. The van der Waals surface area contributed by atoms with Gasteiger partial charge in [-0.05, 0) is 94.0 Å². The minimum atomic E-state index is -1.34. The molecule has 5 aromatic rings. The van der Waals surface area contributed by atoms with E-state index >= 15 is 4.39 Å². The maximum absolute atomic E-state index is 15.6. The number of hydrogen-bond donors (Lipinski definition) is 1. The summed E-state index contributed by atoms with van der Waals surface area (Å²) in [4.78, 5) is 17.2. The fraction of sp³-hybridized carbons (Fsp3) is 0.324. The van der Waals surface area contributed by atoms with E-state index in [0.29, 0.717) is 58.7 Å². The number of ether oxygens (including phenoxy) is 2. The Kier molecular flexibility index (Phi) is 7.49. The van der Waals surface area contributed by atoms with Gasteiger partial charge in [-0.1, -0.05) is 12.1 Å². The lowest BCUT2D eigenvalue weighted by Gasteiger charge is -2.29.